The molecule has 0 heterocycles. The number of carboxylic acids is 1. The minimum atomic E-state index is -0.756. The van der Waals surface area contributed by atoms with Crippen LogP contribution in [-0.2, 0) is 4.79 Å². The topological polar surface area (TPSA) is 54.4 Å². The van der Waals surface area contributed by atoms with Crippen molar-refractivity contribution in [1.82, 2.24) is 0 Å². The van der Waals surface area contributed by atoms with Crippen LogP contribution in [0.1, 0.15) is 42.5 Å². The number of hydrogen-bond acceptors (Lipinski definition) is 2. The predicted octanol–water partition coefficient (Wildman–Crippen LogP) is 3.91. The van der Waals surface area contributed by atoms with Crippen molar-refractivity contribution < 1.29 is 14.7 Å². The standard InChI is InChI=1S/C15H17BrO3/c16-12-7-5-10(6-8-12)14(17)9-11-3-1-2-4-13(11)15(18)19/h5-8,11,13H,1-4,9H2,(H,18,19)/t11-,13+/m0/s1. The Kier molecular flexibility index (Phi) is 4.75. The van der Waals surface area contributed by atoms with Crippen LogP contribution in [0.15, 0.2) is 28.7 Å². The molecule has 1 aliphatic carbocycles. The molecule has 4 heteroatoms. The van der Waals surface area contributed by atoms with E-state index in [0.717, 1.165) is 23.7 Å². The summed E-state index contributed by atoms with van der Waals surface area (Å²) in [6.07, 6.45) is 3.88. The summed E-state index contributed by atoms with van der Waals surface area (Å²) < 4.78 is 0.935. The van der Waals surface area contributed by atoms with Crippen LogP contribution in [0.25, 0.3) is 0 Å². The first kappa shape index (κ1) is 14.3. The molecule has 19 heavy (non-hydrogen) atoms. The van der Waals surface area contributed by atoms with E-state index in [2.05, 4.69) is 15.9 Å². The molecule has 0 bridgehead atoms. The Morgan fingerprint density at radius 2 is 1.79 bits per heavy atom. The van der Waals surface area contributed by atoms with Gasteiger partial charge in [0.2, 0.25) is 0 Å². The SMILES string of the molecule is O=C(C[C@@H]1CCCC[C@H]1C(=O)O)c1ccc(Br)cc1. The molecular formula is C15H17BrO3. The van der Waals surface area contributed by atoms with Crippen molar-refractivity contribution in [2.24, 2.45) is 11.8 Å². The molecule has 3 nitrogen and oxygen atoms in total. The summed E-state index contributed by atoms with van der Waals surface area (Å²) in [6.45, 7) is 0. The highest BCUT2D eigenvalue weighted by atomic mass is 79.9. The Labute approximate surface area is 121 Å². The summed E-state index contributed by atoms with van der Waals surface area (Å²) in [7, 11) is 0. The Morgan fingerprint density at radius 1 is 1.16 bits per heavy atom. The molecule has 0 saturated heterocycles. The number of carboxylic acid groups (broad SMARTS) is 1. The highest BCUT2D eigenvalue weighted by molar-refractivity contribution is 9.10. The Balaban J connectivity index is 2.04. The van der Waals surface area contributed by atoms with E-state index in [1.807, 2.05) is 12.1 Å². The van der Waals surface area contributed by atoms with Crippen LogP contribution >= 0.6 is 15.9 Å². The molecular weight excluding hydrogens is 308 g/mol. The first-order chi connectivity index (χ1) is 9.08. The molecule has 1 aliphatic rings. The van der Waals surface area contributed by atoms with Crippen molar-refractivity contribution in [1.29, 1.82) is 0 Å². The fourth-order valence-electron chi connectivity index (χ4n) is 2.77. The Hall–Kier alpha value is -1.16. The number of carbonyl (C=O) groups is 2. The smallest absolute Gasteiger partial charge is 0.306 e. The quantitative estimate of drug-likeness (QED) is 0.854. The summed E-state index contributed by atoms with van der Waals surface area (Å²) in [6, 6.07) is 7.24. The lowest BCUT2D eigenvalue weighted by Gasteiger charge is -2.27. The Bertz CT molecular complexity index is 467. The molecule has 0 aliphatic heterocycles. The van der Waals surface area contributed by atoms with E-state index in [9.17, 15) is 14.7 Å². The molecule has 1 aromatic carbocycles. The second-order valence-electron chi connectivity index (χ2n) is 5.12. The second kappa shape index (κ2) is 6.33. The normalized spacial score (nSPS) is 23.0. The van der Waals surface area contributed by atoms with Crippen LogP contribution < -0.4 is 0 Å². The van der Waals surface area contributed by atoms with Gasteiger partial charge in [-0.05, 0) is 30.9 Å². The van der Waals surface area contributed by atoms with Gasteiger partial charge in [-0.15, -0.1) is 0 Å². The van der Waals surface area contributed by atoms with Gasteiger partial charge in [0.15, 0.2) is 5.78 Å². The molecule has 1 fully saturated rings. The maximum Gasteiger partial charge on any atom is 0.306 e. The highest BCUT2D eigenvalue weighted by Gasteiger charge is 2.32. The fraction of sp³-hybridized carbons (Fsp3) is 0.467. The third-order valence-electron chi connectivity index (χ3n) is 3.84. The molecule has 0 unspecified atom stereocenters. The largest absolute Gasteiger partial charge is 0.481 e. The summed E-state index contributed by atoms with van der Waals surface area (Å²) in [5.74, 6) is -1.07. The monoisotopic (exact) mass is 324 g/mol. The molecule has 1 N–H and O–H groups in total. The van der Waals surface area contributed by atoms with E-state index in [4.69, 9.17) is 0 Å². The Morgan fingerprint density at radius 3 is 2.42 bits per heavy atom. The van der Waals surface area contributed by atoms with Gasteiger partial charge in [-0.1, -0.05) is 40.9 Å². The molecule has 1 aromatic rings. The maximum absolute atomic E-state index is 12.2. The number of ketones is 1. The third kappa shape index (κ3) is 3.66. The summed E-state index contributed by atoms with van der Waals surface area (Å²) in [4.78, 5) is 23.4. The van der Waals surface area contributed by atoms with Gasteiger partial charge in [-0.2, -0.15) is 0 Å². The van der Waals surface area contributed by atoms with Crippen LogP contribution in [0.5, 0.6) is 0 Å². The minimum Gasteiger partial charge on any atom is -0.481 e. The number of carbonyl (C=O) groups excluding carboxylic acids is 1. The number of hydrogen-bond donors (Lipinski definition) is 1. The van der Waals surface area contributed by atoms with Crippen molar-refractivity contribution in [3.63, 3.8) is 0 Å². The average Bonchev–Trinajstić information content (AvgIpc) is 2.39. The summed E-state index contributed by atoms with van der Waals surface area (Å²) in [5, 5.41) is 9.21. The molecule has 1 saturated carbocycles. The zero-order valence-corrected chi connectivity index (χ0v) is 12.2. The molecule has 102 valence electrons. The van der Waals surface area contributed by atoms with Crippen molar-refractivity contribution in [3.8, 4) is 0 Å². The van der Waals surface area contributed by atoms with Gasteiger partial charge in [0, 0.05) is 16.5 Å². The molecule has 2 atom stereocenters. The lowest BCUT2D eigenvalue weighted by Crippen LogP contribution is -2.28. The van der Waals surface area contributed by atoms with Crippen molar-refractivity contribution in [2.45, 2.75) is 32.1 Å². The van der Waals surface area contributed by atoms with Crippen molar-refractivity contribution in [3.05, 3.63) is 34.3 Å². The summed E-state index contributed by atoms with van der Waals surface area (Å²) >= 11 is 3.33. The number of benzene rings is 1. The van der Waals surface area contributed by atoms with Crippen LogP contribution in [0.4, 0.5) is 0 Å². The van der Waals surface area contributed by atoms with Crippen LogP contribution in [-0.4, -0.2) is 16.9 Å². The van der Waals surface area contributed by atoms with Gasteiger partial charge in [0.25, 0.3) is 0 Å². The highest BCUT2D eigenvalue weighted by Crippen LogP contribution is 2.33. The predicted molar refractivity (Wildman–Crippen MR) is 76.2 cm³/mol. The fourth-order valence-corrected chi connectivity index (χ4v) is 3.03. The molecule has 0 spiro atoms. The van der Waals surface area contributed by atoms with Gasteiger partial charge < -0.3 is 5.11 Å². The lowest BCUT2D eigenvalue weighted by atomic mass is 9.76. The first-order valence-electron chi connectivity index (χ1n) is 6.59. The van der Waals surface area contributed by atoms with E-state index in [1.165, 1.54) is 0 Å². The average molecular weight is 325 g/mol. The van der Waals surface area contributed by atoms with Gasteiger partial charge >= 0.3 is 5.97 Å². The van der Waals surface area contributed by atoms with Crippen LogP contribution in [0.2, 0.25) is 0 Å². The maximum atomic E-state index is 12.2. The van der Waals surface area contributed by atoms with Gasteiger partial charge in [0.1, 0.15) is 0 Å². The van der Waals surface area contributed by atoms with E-state index in [0.29, 0.717) is 18.4 Å². The molecule has 2 rings (SSSR count). The van der Waals surface area contributed by atoms with E-state index in [1.54, 1.807) is 12.1 Å². The zero-order chi connectivity index (χ0) is 13.8. The molecule has 0 radical (unpaired) electrons. The van der Waals surface area contributed by atoms with Gasteiger partial charge in [-0.3, -0.25) is 9.59 Å². The molecule has 0 aromatic heterocycles. The minimum absolute atomic E-state index is 0.0117. The van der Waals surface area contributed by atoms with Crippen LogP contribution in [0.3, 0.4) is 0 Å². The van der Waals surface area contributed by atoms with Crippen molar-refractivity contribution >= 4 is 27.7 Å². The van der Waals surface area contributed by atoms with Crippen molar-refractivity contribution in [2.75, 3.05) is 0 Å². The van der Waals surface area contributed by atoms with E-state index in [-0.39, 0.29) is 17.6 Å². The van der Waals surface area contributed by atoms with Crippen LogP contribution in [0, 0.1) is 11.8 Å². The van der Waals surface area contributed by atoms with Gasteiger partial charge in [-0.25, -0.2) is 0 Å². The number of Topliss-reactive ketones (excluding diaryl/α,β-unsaturated/α-hetero) is 1. The second-order valence-corrected chi connectivity index (χ2v) is 6.04. The van der Waals surface area contributed by atoms with E-state index < -0.39 is 5.97 Å². The summed E-state index contributed by atoms with van der Waals surface area (Å²) in [5.41, 5.74) is 0.665. The number of rotatable bonds is 4. The molecule has 0 amide bonds. The zero-order valence-electron chi connectivity index (χ0n) is 10.6. The lowest BCUT2D eigenvalue weighted by molar-refractivity contribution is -0.144. The van der Waals surface area contributed by atoms with Gasteiger partial charge in [0.05, 0.1) is 5.92 Å². The number of halogens is 1. The first-order valence-corrected chi connectivity index (χ1v) is 7.39. The van der Waals surface area contributed by atoms with E-state index >= 15 is 0 Å². The number of aliphatic carboxylic acids is 1. The third-order valence-corrected chi connectivity index (χ3v) is 4.37.